The highest BCUT2D eigenvalue weighted by molar-refractivity contribution is 7.89. The lowest BCUT2D eigenvalue weighted by Gasteiger charge is -2.14. The van der Waals surface area contributed by atoms with E-state index in [2.05, 4.69) is 15.0 Å². The van der Waals surface area contributed by atoms with E-state index in [9.17, 15) is 35.2 Å². The van der Waals surface area contributed by atoms with E-state index in [0.29, 0.717) is 4.57 Å². The van der Waals surface area contributed by atoms with Gasteiger partial charge >= 0.3 is 6.18 Å². The predicted molar refractivity (Wildman–Crippen MR) is 112 cm³/mol. The summed E-state index contributed by atoms with van der Waals surface area (Å²) in [6, 6.07) is 2.68. The van der Waals surface area contributed by atoms with Crippen LogP contribution in [0.3, 0.4) is 0 Å². The number of benzene rings is 1. The van der Waals surface area contributed by atoms with Crippen LogP contribution in [0.4, 0.5) is 22.0 Å². The number of alkyl halides is 3. The Morgan fingerprint density at radius 1 is 1.15 bits per heavy atom. The topological polar surface area (TPSA) is 107 Å². The lowest BCUT2D eigenvalue weighted by Crippen LogP contribution is -2.34. The van der Waals surface area contributed by atoms with Crippen LogP contribution in [-0.4, -0.2) is 40.7 Å². The first kappa shape index (κ1) is 23.8. The Hall–Kier alpha value is -3.30. The van der Waals surface area contributed by atoms with Gasteiger partial charge in [-0.25, -0.2) is 31.9 Å². The van der Waals surface area contributed by atoms with Gasteiger partial charge in [0, 0.05) is 11.8 Å². The second-order valence-corrected chi connectivity index (χ2v) is 9.73. The number of thiazole rings is 1. The number of hydrogen-bond donors (Lipinski definition) is 1. The van der Waals surface area contributed by atoms with E-state index in [1.165, 1.54) is 17.8 Å². The molecule has 0 aliphatic heterocycles. The summed E-state index contributed by atoms with van der Waals surface area (Å²) in [5, 5.41) is 0.216. The van der Waals surface area contributed by atoms with E-state index >= 15 is 0 Å². The summed E-state index contributed by atoms with van der Waals surface area (Å²) in [5.74, 6) is -1.63. The van der Waals surface area contributed by atoms with Crippen LogP contribution in [0.2, 0.25) is 0 Å². The lowest BCUT2D eigenvalue weighted by molar-refractivity contribution is -0.121. The Labute approximate surface area is 191 Å². The van der Waals surface area contributed by atoms with Gasteiger partial charge in [0.2, 0.25) is 10.0 Å². The number of rotatable bonds is 5. The Bertz CT molecular complexity index is 1580. The van der Waals surface area contributed by atoms with Gasteiger partial charge in [-0.3, -0.25) is 14.3 Å². The molecule has 0 unspecified atom stereocenters. The van der Waals surface area contributed by atoms with Crippen LogP contribution in [0.15, 0.2) is 46.6 Å². The molecular formula is C19H12F5N5O3S2. The number of aryl methyl sites for hydroxylation is 1. The first-order valence-corrected chi connectivity index (χ1v) is 11.5. The number of sulfonamides is 1. The zero-order chi connectivity index (χ0) is 24.8. The molecule has 0 atom stereocenters. The van der Waals surface area contributed by atoms with E-state index in [0.717, 1.165) is 42.1 Å². The van der Waals surface area contributed by atoms with E-state index < -0.39 is 50.5 Å². The van der Waals surface area contributed by atoms with Crippen LogP contribution in [-0.2, 0) is 10.0 Å². The molecule has 15 heteroatoms. The molecule has 0 aliphatic rings. The summed E-state index contributed by atoms with van der Waals surface area (Å²) in [6.45, 7) is -0.630. The molecule has 3 aromatic heterocycles. The molecule has 1 N–H and O–H groups in total. The Morgan fingerprint density at radius 3 is 2.56 bits per heavy atom. The maximum Gasteiger partial charge on any atom is 0.402 e. The third-order valence-electron chi connectivity index (χ3n) is 4.53. The van der Waals surface area contributed by atoms with E-state index in [-0.39, 0.29) is 26.5 Å². The molecule has 0 radical (unpaired) electrons. The summed E-state index contributed by atoms with van der Waals surface area (Å²) in [6.07, 6.45) is -1.59. The van der Waals surface area contributed by atoms with Gasteiger partial charge in [0.1, 0.15) is 34.2 Å². The van der Waals surface area contributed by atoms with Crippen molar-refractivity contribution in [3.63, 3.8) is 0 Å². The highest BCUT2D eigenvalue weighted by atomic mass is 32.2. The predicted octanol–water partition coefficient (Wildman–Crippen LogP) is 3.33. The van der Waals surface area contributed by atoms with Crippen molar-refractivity contribution in [2.24, 2.45) is 0 Å². The second kappa shape index (κ2) is 8.48. The van der Waals surface area contributed by atoms with Crippen molar-refractivity contribution in [3.8, 4) is 16.3 Å². The van der Waals surface area contributed by atoms with Gasteiger partial charge in [0.05, 0.1) is 16.8 Å². The van der Waals surface area contributed by atoms with Crippen LogP contribution < -0.4 is 10.3 Å². The molecule has 0 aliphatic carbocycles. The molecule has 34 heavy (non-hydrogen) atoms. The molecule has 178 valence electrons. The highest BCUT2D eigenvalue weighted by Crippen LogP contribution is 2.28. The van der Waals surface area contributed by atoms with Gasteiger partial charge in [-0.1, -0.05) is 0 Å². The highest BCUT2D eigenvalue weighted by Gasteiger charge is 2.31. The molecule has 0 saturated heterocycles. The number of nitrogens with zero attached hydrogens (tertiary/aromatic N) is 4. The zero-order valence-electron chi connectivity index (χ0n) is 16.9. The fourth-order valence-electron chi connectivity index (χ4n) is 3.01. The van der Waals surface area contributed by atoms with Crippen LogP contribution in [0, 0.1) is 18.6 Å². The summed E-state index contributed by atoms with van der Waals surface area (Å²) in [5.41, 5.74) is -1.26. The molecule has 0 amide bonds. The first-order valence-electron chi connectivity index (χ1n) is 9.22. The number of fused-ring (bicyclic) bond motifs is 1. The van der Waals surface area contributed by atoms with Gasteiger partial charge in [-0.15, -0.1) is 11.3 Å². The van der Waals surface area contributed by atoms with Crippen molar-refractivity contribution in [2.75, 3.05) is 6.54 Å². The maximum absolute atomic E-state index is 14.7. The van der Waals surface area contributed by atoms with Crippen LogP contribution in [0.1, 0.15) is 5.56 Å². The molecular weight excluding hydrogens is 505 g/mol. The summed E-state index contributed by atoms with van der Waals surface area (Å²) < 4.78 is 92.5. The summed E-state index contributed by atoms with van der Waals surface area (Å²) >= 11 is 0.832. The number of nitrogens with one attached hydrogen (secondary N) is 1. The van der Waals surface area contributed by atoms with Crippen molar-refractivity contribution in [1.29, 1.82) is 0 Å². The fourth-order valence-corrected chi connectivity index (χ4v) is 5.20. The van der Waals surface area contributed by atoms with Gasteiger partial charge in [-0.2, -0.15) is 13.2 Å². The van der Waals surface area contributed by atoms with E-state index in [1.54, 1.807) is 0 Å². The SMILES string of the molecule is Cc1cc(F)c(-n2cnc3nc(-c4cncc(F)c4)sc3c2=O)cc1S(=O)(=O)NCC(F)(F)F. The Balaban J connectivity index is 1.82. The largest absolute Gasteiger partial charge is 0.402 e. The van der Waals surface area contributed by atoms with Gasteiger partial charge in [0.25, 0.3) is 5.56 Å². The maximum atomic E-state index is 14.7. The average Bonchev–Trinajstić information content (AvgIpc) is 3.18. The first-order chi connectivity index (χ1) is 15.9. The minimum atomic E-state index is -4.81. The third kappa shape index (κ3) is 4.67. The number of hydrogen-bond acceptors (Lipinski definition) is 7. The van der Waals surface area contributed by atoms with Crippen molar-refractivity contribution >= 4 is 31.7 Å². The lowest BCUT2D eigenvalue weighted by atomic mass is 10.2. The molecule has 8 nitrogen and oxygen atoms in total. The van der Waals surface area contributed by atoms with E-state index in [4.69, 9.17) is 0 Å². The van der Waals surface area contributed by atoms with Crippen LogP contribution in [0.25, 0.3) is 26.6 Å². The van der Waals surface area contributed by atoms with Gasteiger partial charge < -0.3 is 0 Å². The van der Waals surface area contributed by atoms with Gasteiger partial charge in [0.15, 0.2) is 5.65 Å². The quantitative estimate of drug-likeness (QED) is 0.407. The van der Waals surface area contributed by atoms with Crippen molar-refractivity contribution in [2.45, 2.75) is 18.0 Å². The number of halogens is 5. The molecule has 0 fully saturated rings. The van der Waals surface area contributed by atoms with E-state index in [1.807, 2.05) is 0 Å². The molecule has 0 spiro atoms. The molecule has 0 bridgehead atoms. The van der Waals surface area contributed by atoms with Crippen molar-refractivity contribution in [3.05, 3.63) is 64.5 Å². The molecule has 0 saturated carbocycles. The smallest absolute Gasteiger partial charge is 0.267 e. The number of aromatic nitrogens is 4. The molecule has 4 rings (SSSR count). The monoisotopic (exact) mass is 517 g/mol. The average molecular weight is 517 g/mol. The Kier molecular flexibility index (Phi) is 5.95. The standard InChI is InChI=1S/C19H12F5N5O3S2/c1-9-2-12(21)13(4-14(9)34(31,32)27-7-19(22,23)24)29-8-26-16-15(18(29)30)33-17(28-16)10-3-11(20)6-25-5-10/h2-6,8,27H,7H2,1H3. The minimum absolute atomic E-state index is 0.0160. The normalized spacial score (nSPS) is 12.4. The zero-order valence-corrected chi connectivity index (χ0v) is 18.5. The fraction of sp³-hybridized carbons (Fsp3) is 0.158. The minimum Gasteiger partial charge on any atom is -0.267 e. The third-order valence-corrected chi connectivity index (χ3v) is 7.15. The Morgan fingerprint density at radius 2 is 1.88 bits per heavy atom. The van der Waals surface area contributed by atoms with Crippen LogP contribution in [0.5, 0.6) is 0 Å². The summed E-state index contributed by atoms with van der Waals surface area (Å²) in [7, 11) is -4.69. The molecule has 3 heterocycles. The van der Waals surface area contributed by atoms with Gasteiger partial charge in [-0.05, 0) is 30.7 Å². The molecule has 4 aromatic rings. The number of pyridine rings is 1. The van der Waals surface area contributed by atoms with Crippen LogP contribution >= 0.6 is 11.3 Å². The van der Waals surface area contributed by atoms with Crippen molar-refractivity contribution < 1.29 is 30.4 Å². The second-order valence-electron chi connectivity index (χ2n) is 6.99. The summed E-state index contributed by atoms with van der Waals surface area (Å²) in [4.78, 5) is 24.2. The van der Waals surface area contributed by atoms with Crippen molar-refractivity contribution in [1.82, 2.24) is 24.2 Å². The molecule has 1 aromatic carbocycles.